The fourth-order valence-electron chi connectivity index (χ4n) is 7.22. The van der Waals surface area contributed by atoms with Gasteiger partial charge < -0.3 is 4.57 Å². The number of halogens is 1. The van der Waals surface area contributed by atoms with Gasteiger partial charge in [-0.25, -0.2) is 4.98 Å². The topological polar surface area (TPSA) is 26.0 Å². The van der Waals surface area contributed by atoms with Crippen LogP contribution in [0.4, 0.5) is 4.48 Å². The van der Waals surface area contributed by atoms with E-state index in [4.69, 9.17) is 4.98 Å². The molecule has 0 spiro atoms. The van der Waals surface area contributed by atoms with E-state index in [1.807, 2.05) is 19.3 Å². The Hall–Kier alpha value is -4.22. The van der Waals surface area contributed by atoms with Crippen molar-refractivity contribution in [3.05, 3.63) is 112 Å². The van der Waals surface area contributed by atoms with Crippen molar-refractivity contribution in [2.45, 2.75) is 67.3 Å². The number of rotatable bonds is 6. The second-order valence-corrected chi connectivity index (χ2v) is 12.5. The SMILES string of the molecule is CCC(C)(c1cc2c(cc1-c1nccn1-c1c(C)cc(C)cc1C)c1ccccc1n2-c1c(C)cc(C)cc1C)N(C)F. The van der Waals surface area contributed by atoms with E-state index in [9.17, 15) is 0 Å². The lowest BCUT2D eigenvalue weighted by atomic mass is 9.84. The van der Waals surface area contributed by atoms with E-state index in [-0.39, 0.29) is 0 Å². The molecule has 0 fully saturated rings. The Kier molecular flexibility index (Phi) is 7.05. The van der Waals surface area contributed by atoms with Crippen molar-refractivity contribution in [2.24, 2.45) is 0 Å². The van der Waals surface area contributed by atoms with E-state index in [2.05, 4.69) is 118 Å². The molecule has 0 aliphatic carbocycles. The quantitative estimate of drug-likeness (QED) is 0.186. The predicted octanol–water partition coefficient (Wildman–Crippen LogP) is 9.93. The fraction of sp³-hybridized carbons (Fsp3) is 0.289. The van der Waals surface area contributed by atoms with Crippen LogP contribution in [-0.4, -0.2) is 26.3 Å². The van der Waals surface area contributed by atoms with E-state index < -0.39 is 5.54 Å². The highest BCUT2D eigenvalue weighted by Gasteiger charge is 2.35. The molecule has 0 amide bonds. The van der Waals surface area contributed by atoms with E-state index in [1.54, 1.807) is 0 Å². The lowest BCUT2D eigenvalue weighted by molar-refractivity contribution is -0.0562. The van der Waals surface area contributed by atoms with Crippen molar-refractivity contribution in [3.8, 4) is 22.8 Å². The minimum absolute atomic E-state index is 0.588. The van der Waals surface area contributed by atoms with Gasteiger partial charge in [-0.05, 0) is 101 Å². The summed E-state index contributed by atoms with van der Waals surface area (Å²) in [6.45, 7) is 17.0. The number of aromatic nitrogens is 3. The van der Waals surface area contributed by atoms with Gasteiger partial charge in [0.05, 0.1) is 27.9 Å². The van der Waals surface area contributed by atoms with Crippen LogP contribution in [0.1, 0.15) is 59.2 Å². The Morgan fingerprint density at radius 3 is 1.93 bits per heavy atom. The minimum Gasteiger partial charge on any atom is -0.309 e. The summed E-state index contributed by atoms with van der Waals surface area (Å²) in [7, 11) is 1.53. The molecule has 0 bridgehead atoms. The summed E-state index contributed by atoms with van der Waals surface area (Å²) >= 11 is 0. The second-order valence-electron chi connectivity index (χ2n) is 12.5. The molecular formula is C38H41FN4. The number of fused-ring (bicyclic) bond motifs is 3. The maximum atomic E-state index is 15.7. The zero-order chi connectivity index (χ0) is 30.8. The summed E-state index contributed by atoms with van der Waals surface area (Å²) in [5.41, 5.74) is 12.7. The highest BCUT2D eigenvalue weighted by atomic mass is 19.2. The highest BCUT2D eigenvalue weighted by molar-refractivity contribution is 6.11. The minimum atomic E-state index is -0.879. The summed E-state index contributed by atoms with van der Waals surface area (Å²) in [4.78, 5) is 4.94. The molecule has 0 aliphatic rings. The van der Waals surface area contributed by atoms with Gasteiger partial charge in [0.15, 0.2) is 0 Å². The Morgan fingerprint density at radius 2 is 1.35 bits per heavy atom. The third-order valence-corrected chi connectivity index (χ3v) is 9.38. The van der Waals surface area contributed by atoms with Crippen molar-refractivity contribution in [1.29, 1.82) is 0 Å². The van der Waals surface area contributed by atoms with Crippen LogP contribution < -0.4 is 0 Å². The third kappa shape index (κ3) is 4.49. The standard InChI is InChI=1S/C38H41FN4/c1-10-38(8,41(9)39)32-22-34-30(21-31(32)37-40-15-16-42(37)35-25(4)17-23(2)18-26(35)5)29-13-11-12-14-33(29)43(34)36-27(6)19-24(3)20-28(36)7/h11-22H,10H2,1-9H3. The molecule has 1 atom stereocenters. The van der Waals surface area contributed by atoms with Gasteiger partial charge in [-0.2, -0.15) is 0 Å². The summed E-state index contributed by atoms with van der Waals surface area (Å²) < 4.78 is 20.2. The molecule has 0 N–H and O–H groups in total. The first-order chi connectivity index (χ1) is 20.5. The van der Waals surface area contributed by atoms with Crippen molar-refractivity contribution < 1.29 is 4.48 Å². The largest absolute Gasteiger partial charge is 0.309 e. The van der Waals surface area contributed by atoms with Crippen LogP contribution in [-0.2, 0) is 5.54 Å². The number of para-hydroxylation sites is 1. The van der Waals surface area contributed by atoms with Gasteiger partial charge in [0.25, 0.3) is 0 Å². The molecular weight excluding hydrogens is 531 g/mol. The molecule has 6 rings (SSSR count). The van der Waals surface area contributed by atoms with Gasteiger partial charge in [0.1, 0.15) is 5.82 Å². The molecule has 0 saturated carbocycles. The molecule has 0 saturated heterocycles. The van der Waals surface area contributed by atoms with Gasteiger partial charge in [0, 0.05) is 35.8 Å². The van der Waals surface area contributed by atoms with Crippen LogP contribution in [0, 0.1) is 41.5 Å². The third-order valence-electron chi connectivity index (χ3n) is 9.38. The maximum absolute atomic E-state index is 15.7. The molecule has 2 heterocycles. The molecule has 5 heteroatoms. The lowest BCUT2D eigenvalue weighted by Gasteiger charge is -2.34. The lowest BCUT2D eigenvalue weighted by Crippen LogP contribution is -2.36. The Morgan fingerprint density at radius 1 is 0.767 bits per heavy atom. The molecule has 1 unspecified atom stereocenters. The van der Waals surface area contributed by atoms with Gasteiger partial charge in [-0.15, -0.1) is 9.60 Å². The van der Waals surface area contributed by atoms with Crippen LogP contribution in [0.2, 0.25) is 0 Å². The van der Waals surface area contributed by atoms with Crippen LogP contribution in [0.25, 0.3) is 44.6 Å². The first-order valence-electron chi connectivity index (χ1n) is 15.1. The number of benzene rings is 4. The zero-order valence-electron chi connectivity index (χ0n) is 26.8. The zero-order valence-corrected chi connectivity index (χ0v) is 26.8. The van der Waals surface area contributed by atoms with Crippen LogP contribution >= 0.6 is 0 Å². The monoisotopic (exact) mass is 572 g/mol. The van der Waals surface area contributed by atoms with Gasteiger partial charge in [-0.3, -0.25) is 4.57 Å². The first kappa shape index (κ1) is 28.9. The summed E-state index contributed by atoms with van der Waals surface area (Å²) in [5, 5.41) is 3.15. The average molecular weight is 573 g/mol. The number of nitrogens with zero attached hydrogens (tertiary/aromatic N) is 4. The second kappa shape index (κ2) is 10.5. The molecule has 6 aromatic rings. The first-order valence-corrected chi connectivity index (χ1v) is 15.1. The molecule has 220 valence electrons. The van der Waals surface area contributed by atoms with Crippen molar-refractivity contribution in [1.82, 2.24) is 19.2 Å². The Labute approximate surface area is 254 Å². The van der Waals surface area contributed by atoms with Gasteiger partial charge >= 0.3 is 0 Å². The Balaban J connectivity index is 1.77. The summed E-state index contributed by atoms with van der Waals surface area (Å²) in [6.07, 6.45) is 4.47. The molecule has 2 aromatic heterocycles. The molecule has 43 heavy (non-hydrogen) atoms. The maximum Gasteiger partial charge on any atom is 0.144 e. The van der Waals surface area contributed by atoms with Gasteiger partial charge in [-0.1, -0.05) is 60.5 Å². The van der Waals surface area contributed by atoms with Crippen molar-refractivity contribution in [2.75, 3.05) is 7.05 Å². The van der Waals surface area contributed by atoms with Crippen LogP contribution in [0.3, 0.4) is 0 Å². The molecule has 0 aliphatic heterocycles. The van der Waals surface area contributed by atoms with E-state index >= 15 is 4.48 Å². The van der Waals surface area contributed by atoms with E-state index in [0.717, 1.165) is 49.6 Å². The molecule has 0 radical (unpaired) electrons. The predicted molar refractivity (Wildman–Crippen MR) is 178 cm³/mol. The fourth-order valence-corrected chi connectivity index (χ4v) is 7.22. The normalized spacial score (nSPS) is 13.4. The number of hydrogen-bond acceptors (Lipinski definition) is 2. The number of aryl methyl sites for hydroxylation is 6. The number of hydrogen-bond donors (Lipinski definition) is 0. The van der Waals surface area contributed by atoms with Crippen molar-refractivity contribution >= 4 is 21.8 Å². The van der Waals surface area contributed by atoms with Crippen LogP contribution in [0.15, 0.2) is 73.1 Å². The average Bonchev–Trinajstić information content (AvgIpc) is 3.54. The summed E-state index contributed by atoms with van der Waals surface area (Å²) in [6, 6.07) is 21.9. The Bertz CT molecular complexity index is 1980. The smallest absolute Gasteiger partial charge is 0.144 e. The molecule has 4 aromatic carbocycles. The van der Waals surface area contributed by atoms with E-state index in [0.29, 0.717) is 6.42 Å². The number of imidazole rings is 1. The van der Waals surface area contributed by atoms with Gasteiger partial charge in [0.2, 0.25) is 0 Å². The van der Waals surface area contributed by atoms with Crippen LogP contribution in [0.5, 0.6) is 0 Å². The molecule has 4 nitrogen and oxygen atoms in total. The summed E-state index contributed by atoms with van der Waals surface area (Å²) in [5.74, 6) is 0.813. The van der Waals surface area contributed by atoms with Crippen molar-refractivity contribution in [3.63, 3.8) is 0 Å². The highest BCUT2D eigenvalue weighted by Crippen LogP contribution is 2.44. The van der Waals surface area contributed by atoms with E-state index in [1.165, 1.54) is 46.1 Å².